The van der Waals surface area contributed by atoms with Gasteiger partial charge in [0.2, 0.25) is 0 Å². The summed E-state index contributed by atoms with van der Waals surface area (Å²) in [6.07, 6.45) is 0. The summed E-state index contributed by atoms with van der Waals surface area (Å²) >= 11 is 0. The molecule has 3 nitrogen and oxygen atoms in total. The molecule has 0 aromatic rings. The van der Waals surface area contributed by atoms with Gasteiger partial charge in [0.1, 0.15) is 0 Å². The molecular formula is C7H15N2OY-. The maximum Gasteiger partial charge on any atom is 0.0589 e. The Morgan fingerprint density at radius 1 is 1.36 bits per heavy atom. The van der Waals surface area contributed by atoms with E-state index in [1.807, 2.05) is 0 Å². The number of ether oxygens (including phenoxy) is 1. The van der Waals surface area contributed by atoms with Crippen LogP contribution in [0, 0.1) is 0 Å². The van der Waals surface area contributed by atoms with E-state index in [1.54, 1.807) is 7.11 Å². The molecule has 0 aromatic heterocycles. The van der Waals surface area contributed by atoms with Crippen LogP contribution in [0.3, 0.4) is 0 Å². The summed E-state index contributed by atoms with van der Waals surface area (Å²) in [6.45, 7) is 6.15. The van der Waals surface area contributed by atoms with Gasteiger partial charge >= 0.3 is 0 Å². The van der Waals surface area contributed by atoms with E-state index < -0.39 is 0 Å². The smallest absolute Gasteiger partial charge is 0.0589 e. The first-order valence-electron chi connectivity index (χ1n) is 3.78. The Morgan fingerprint density at radius 3 is 2.55 bits per heavy atom. The molecule has 0 saturated carbocycles. The number of nitrogens with zero attached hydrogens (tertiary/aromatic N) is 2. The van der Waals surface area contributed by atoms with Gasteiger partial charge in [-0.3, -0.25) is 0 Å². The molecule has 0 aromatic carbocycles. The van der Waals surface area contributed by atoms with Crippen molar-refractivity contribution in [2.45, 2.75) is 0 Å². The van der Waals surface area contributed by atoms with E-state index in [2.05, 4.69) is 10.2 Å². The molecule has 1 aliphatic heterocycles. The molecule has 0 unspecified atom stereocenters. The Hall–Kier alpha value is 0.984. The van der Waals surface area contributed by atoms with Crippen LogP contribution in [0.2, 0.25) is 0 Å². The van der Waals surface area contributed by atoms with Crippen molar-refractivity contribution >= 4 is 0 Å². The number of piperazine rings is 1. The fraction of sp³-hybridized carbons (Fsp3) is 1.00. The molecule has 0 atom stereocenters. The van der Waals surface area contributed by atoms with E-state index in [0.29, 0.717) is 0 Å². The Bertz CT molecular complexity index is 86.5. The van der Waals surface area contributed by atoms with Crippen LogP contribution < -0.4 is 0 Å². The molecule has 0 bridgehead atoms. The van der Waals surface area contributed by atoms with Crippen molar-refractivity contribution < 1.29 is 37.4 Å². The molecule has 1 rings (SSSR count). The van der Waals surface area contributed by atoms with E-state index in [0.717, 1.165) is 39.3 Å². The Balaban J connectivity index is 0.000001000. The second kappa shape index (κ2) is 7.62. The maximum absolute atomic E-state index is 4.97. The summed E-state index contributed by atoms with van der Waals surface area (Å²) in [5.74, 6) is 0. The summed E-state index contributed by atoms with van der Waals surface area (Å²) in [7, 11) is 1.74. The topological polar surface area (TPSA) is 26.6 Å². The normalized spacial score (nSPS) is 19.4. The van der Waals surface area contributed by atoms with Crippen molar-refractivity contribution in [1.29, 1.82) is 0 Å². The van der Waals surface area contributed by atoms with Crippen LogP contribution in [0.5, 0.6) is 0 Å². The summed E-state index contributed by atoms with van der Waals surface area (Å²) in [5, 5.41) is 4.25. The van der Waals surface area contributed by atoms with Gasteiger partial charge in [0.25, 0.3) is 0 Å². The first kappa shape index (κ1) is 12.0. The molecule has 1 radical (unpaired) electrons. The summed E-state index contributed by atoms with van der Waals surface area (Å²) in [5.41, 5.74) is 0. The van der Waals surface area contributed by atoms with Gasteiger partial charge in [0.15, 0.2) is 0 Å². The number of methoxy groups -OCH3 is 1. The molecule has 63 valence electrons. The van der Waals surface area contributed by atoms with Crippen LogP contribution in [0.25, 0.3) is 5.32 Å². The number of hydrogen-bond donors (Lipinski definition) is 0. The van der Waals surface area contributed by atoms with Crippen molar-refractivity contribution in [3.63, 3.8) is 0 Å². The summed E-state index contributed by atoms with van der Waals surface area (Å²) in [6, 6.07) is 0. The van der Waals surface area contributed by atoms with Crippen molar-refractivity contribution in [3.8, 4) is 0 Å². The molecule has 0 spiro atoms. The zero-order valence-corrected chi connectivity index (χ0v) is 9.96. The van der Waals surface area contributed by atoms with Gasteiger partial charge in [-0.1, -0.05) is 0 Å². The van der Waals surface area contributed by atoms with E-state index in [1.165, 1.54) is 0 Å². The van der Waals surface area contributed by atoms with Crippen LogP contribution in [0.15, 0.2) is 0 Å². The fourth-order valence-corrected chi connectivity index (χ4v) is 1.09. The fourth-order valence-electron chi connectivity index (χ4n) is 1.09. The second-order valence-electron chi connectivity index (χ2n) is 2.51. The summed E-state index contributed by atoms with van der Waals surface area (Å²) < 4.78 is 4.97. The van der Waals surface area contributed by atoms with Gasteiger partial charge in [-0.15, -0.1) is 13.1 Å². The van der Waals surface area contributed by atoms with Crippen LogP contribution in [0.4, 0.5) is 0 Å². The molecule has 1 aliphatic rings. The van der Waals surface area contributed by atoms with Gasteiger partial charge in [-0.2, -0.15) is 0 Å². The SMILES string of the molecule is COCCN1CC[N-]CC1.[Y]. The number of hydrogen-bond acceptors (Lipinski definition) is 2. The summed E-state index contributed by atoms with van der Waals surface area (Å²) in [4.78, 5) is 2.39. The number of rotatable bonds is 3. The van der Waals surface area contributed by atoms with E-state index >= 15 is 0 Å². The molecule has 1 saturated heterocycles. The van der Waals surface area contributed by atoms with Crippen LogP contribution in [-0.2, 0) is 37.4 Å². The first-order chi connectivity index (χ1) is 4.93. The minimum atomic E-state index is 0. The zero-order chi connectivity index (χ0) is 7.23. The maximum atomic E-state index is 4.97. The molecule has 0 aliphatic carbocycles. The monoisotopic (exact) mass is 232 g/mol. The third-order valence-electron chi connectivity index (χ3n) is 1.76. The largest absolute Gasteiger partial charge is 0.660 e. The Morgan fingerprint density at radius 2 is 2.00 bits per heavy atom. The van der Waals surface area contributed by atoms with Crippen molar-refractivity contribution in [3.05, 3.63) is 5.32 Å². The van der Waals surface area contributed by atoms with Crippen molar-refractivity contribution in [1.82, 2.24) is 4.90 Å². The van der Waals surface area contributed by atoms with Gasteiger partial charge < -0.3 is 15.0 Å². The van der Waals surface area contributed by atoms with Crippen LogP contribution in [0.1, 0.15) is 0 Å². The minimum Gasteiger partial charge on any atom is -0.660 e. The molecule has 1 fully saturated rings. The molecule has 0 N–H and O–H groups in total. The third kappa shape index (κ3) is 5.26. The quantitative estimate of drug-likeness (QED) is 0.700. The van der Waals surface area contributed by atoms with E-state index in [4.69, 9.17) is 4.74 Å². The second-order valence-corrected chi connectivity index (χ2v) is 2.51. The predicted molar refractivity (Wildman–Crippen MR) is 41.4 cm³/mol. The standard InChI is InChI=1S/C7H15N2O.Y/c1-10-7-6-9-4-2-8-3-5-9;/h2-7H2,1H3;/q-1;. The molecule has 11 heavy (non-hydrogen) atoms. The first-order valence-corrected chi connectivity index (χ1v) is 3.78. The molecule has 4 heteroatoms. The average Bonchev–Trinajstić information content (AvgIpc) is 2.03. The van der Waals surface area contributed by atoms with Crippen molar-refractivity contribution in [2.24, 2.45) is 0 Å². The molecule has 1 heterocycles. The Labute approximate surface area is 93.7 Å². The van der Waals surface area contributed by atoms with E-state index in [-0.39, 0.29) is 32.7 Å². The van der Waals surface area contributed by atoms with Crippen molar-refractivity contribution in [2.75, 3.05) is 46.4 Å². The van der Waals surface area contributed by atoms with Gasteiger partial charge in [-0.25, -0.2) is 0 Å². The van der Waals surface area contributed by atoms with Gasteiger partial charge in [-0.05, 0) is 13.1 Å². The van der Waals surface area contributed by atoms with Gasteiger partial charge in [0, 0.05) is 46.4 Å². The minimum absolute atomic E-state index is 0. The van der Waals surface area contributed by atoms with Crippen LogP contribution >= 0.6 is 0 Å². The van der Waals surface area contributed by atoms with Crippen LogP contribution in [-0.4, -0.2) is 51.3 Å². The van der Waals surface area contributed by atoms with Gasteiger partial charge in [0.05, 0.1) is 6.61 Å². The van der Waals surface area contributed by atoms with E-state index in [9.17, 15) is 0 Å². The molecular weight excluding hydrogens is 217 g/mol. The Kier molecular flexibility index (Phi) is 8.31. The average molecular weight is 232 g/mol. The predicted octanol–water partition coefficient (Wildman–Crippen LogP) is 0.320. The zero-order valence-electron chi connectivity index (χ0n) is 7.12. The third-order valence-corrected chi connectivity index (χ3v) is 1.76. The molecule has 0 amide bonds.